The Labute approximate surface area is 129 Å². The maximum absolute atomic E-state index is 12.4. The van der Waals surface area contributed by atoms with E-state index in [1.54, 1.807) is 19.2 Å². The molecule has 0 aromatic heterocycles. The van der Waals surface area contributed by atoms with E-state index >= 15 is 0 Å². The summed E-state index contributed by atoms with van der Waals surface area (Å²) in [7, 11) is -1.34. The normalized spacial score (nSPS) is 21.3. The standard InChI is InChI=1S/C12H13Br2NO3S/c1-15(9-4-5-19(17,18)7-9)12(16)10-6-8(13)2-3-11(10)14/h2-3,6,9H,4-5,7H2,1H3. The van der Waals surface area contributed by atoms with Gasteiger partial charge < -0.3 is 4.90 Å². The van der Waals surface area contributed by atoms with E-state index in [9.17, 15) is 13.2 Å². The highest BCUT2D eigenvalue weighted by Gasteiger charge is 2.33. The zero-order valence-corrected chi connectivity index (χ0v) is 14.3. The molecule has 1 atom stereocenters. The number of hydrogen-bond acceptors (Lipinski definition) is 3. The van der Waals surface area contributed by atoms with Gasteiger partial charge >= 0.3 is 0 Å². The van der Waals surface area contributed by atoms with Crippen LogP contribution in [0.25, 0.3) is 0 Å². The van der Waals surface area contributed by atoms with Gasteiger partial charge in [-0.3, -0.25) is 4.79 Å². The summed E-state index contributed by atoms with van der Waals surface area (Å²) in [5, 5.41) is 0. The monoisotopic (exact) mass is 409 g/mol. The van der Waals surface area contributed by atoms with Gasteiger partial charge in [-0.1, -0.05) is 15.9 Å². The van der Waals surface area contributed by atoms with E-state index in [1.807, 2.05) is 6.07 Å². The van der Waals surface area contributed by atoms with Crippen LogP contribution >= 0.6 is 31.9 Å². The van der Waals surface area contributed by atoms with Crippen molar-refractivity contribution in [2.24, 2.45) is 0 Å². The molecule has 2 rings (SSSR count). The van der Waals surface area contributed by atoms with Gasteiger partial charge in [-0.05, 0) is 40.5 Å². The van der Waals surface area contributed by atoms with Gasteiger partial charge in [-0.25, -0.2) is 8.42 Å². The summed E-state index contributed by atoms with van der Waals surface area (Å²) in [4.78, 5) is 13.9. The van der Waals surface area contributed by atoms with E-state index in [0.29, 0.717) is 16.5 Å². The lowest BCUT2D eigenvalue weighted by Gasteiger charge is -2.24. The van der Waals surface area contributed by atoms with E-state index in [2.05, 4.69) is 31.9 Å². The third kappa shape index (κ3) is 3.38. The molecule has 7 heteroatoms. The molecule has 19 heavy (non-hydrogen) atoms. The zero-order chi connectivity index (χ0) is 14.2. The van der Waals surface area contributed by atoms with Crippen LogP contribution in [0, 0.1) is 0 Å². The Morgan fingerprint density at radius 3 is 2.63 bits per heavy atom. The molecular formula is C12H13Br2NO3S. The van der Waals surface area contributed by atoms with E-state index < -0.39 is 9.84 Å². The minimum absolute atomic E-state index is 0.0564. The van der Waals surface area contributed by atoms with Crippen LogP contribution in [-0.4, -0.2) is 43.8 Å². The van der Waals surface area contributed by atoms with Crippen LogP contribution in [0.3, 0.4) is 0 Å². The van der Waals surface area contributed by atoms with Crippen LogP contribution in [-0.2, 0) is 9.84 Å². The number of benzene rings is 1. The summed E-state index contributed by atoms with van der Waals surface area (Å²) in [6.07, 6.45) is 0.510. The van der Waals surface area contributed by atoms with E-state index in [4.69, 9.17) is 0 Å². The molecule has 0 bridgehead atoms. The Hall–Kier alpha value is -0.400. The first-order valence-corrected chi connectivity index (χ1v) is 9.13. The quantitative estimate of drug-likeness (QED) is 0.752. The van der Waals surface area contributed by atoms with Crippen molar-refractivity contribution in [1.82, 2.24) is 4.90 Å². The molecule has 104 valence electrons. The molecule has 1 heterocycles. The van der Waals surface area contributed by atoms with Crippen molar-refractivity contribution in [2.75, 3.05) is 18.6 Å². The SMILES string of the molecule is CN(C(=O)c1cc(Br)ccc1Br)C1CCS(=O)(=O)C1. The fourth-order valence-electron chi connectivity index (χ4n) is 2.10. The van der Waals surface area contributed by atoms with Crippen molar-refractivity contribution in [1.29, 1.82) is 0 Å². The van der Waals surface area contributed by atoms with E-state index in [0.717, 1.165) is 4.47 Å². The number of sulfone groups is 1. The molecule has 1 aromatic carbocycles. The van der Waals surface area contributed by atoms with Crippen LogP contribution in [0.5, 0.6) is 0 Å². The number of hydrogen-bond donors (Lipinski definition) is 0. The zero-order valence-electron chi connectivity index (χ0n) is 10.3. The van der Waals surface area contributed by atoms with Crippen molar-refractivity contribution in [3.63, 3.8) is 0 Å². The summed E-state index contributed by atoms with van der Waals surface area (Å²) in [6, 6.07) is 5.12. The maximum Gasteiger partial charge on any atom is 0.255 e. The highest BCUT2D eigenvalue weighted by molar-refractivity contribution is 9.11. The molecule has 1 aliphatic rings. The van der Waals surface area contributed by atoms with Crippen LogP contribution in [0.1, 0.15) is 16.8 Å². The fraction of sp³-hybridized carbons (Fsp3) is 0.417. The average Bonchev–Trinajstić information content (AvgIpc) is 2.71. The molecule has 1 aromatic rings. The molecule has 0 aliphatic carbocycles. The van der Waals surface area contributed by atoms with Gasteiger partial charge in [0.05, 0.1) is 17.1 Å². The summed E-state index contributed by atoms with van der Waals surface area (Å²) >= 11 is 6.67. The number of halogens is 2. The fourth-order valence-corrected chi connectivity index (χ4v) is 4.65. The van der Waals surface area contributed by atoms with Crippen molar-refractivity contribution in [2.45, 2.75) is 12.5 Å². The molecule has 1 amide bonds. The number of nitrogens with zero attached hydrogens (tertiary/aromatic N) is 1. The molecule has 1 unspecified atom stereocenters. The van der Waals surface area contributed by atoms with Crippen LogP contribution in [0.15, 0.2) is 27.1 Å². The van der Waals surface area contributed by atoms with Gasteiger partial charge in [0.15, 0.2) is 9.84 Å². The smallest absolute Gasteiger partial charge is 0.255 e. The van der Waals surface area contributed by atoms with Crippen molar-refractivity contribution >= 4 is 47.6 Å². The average molecular weight is 411 g/mol. The van der Waals surface area contributed by atoms with Gasteiger partial charge in [-0.15, -0.1) is 0 Å². The molecule has 0 radical (unpaired) electrons. The predicted octanol–water partition coefficient (Wildman–Crippen LogP) is 2.47. The highest BCUT2D eigenvalue weighted by Crippen LogP contribution is 2.25. The Morgan fingerprint density at radius 2 is 2.05 bits per heavy atom. The van der Waals surface area contributed by atoms with Gasteiger partial charge in [0.2, 0.25) is 0 Å². The first kappa shape index (κ1) is 15.0. The van der Waals surface area contributed by atoms with E-state index in [-0.39, 0.29) is 23.5 Å². The molecular weight excluding hydrogens is 398 g/mol. The lowest BCUT2D eigenvalue weighted by atomic mass is 10.1. The molecule has 0 N–H and O–H groups in total. The topological polar surface area (TPSA) is 54.5 Å². The number of carbonyl (C=O) groups excluding carboxylic acids is 1. The first-order valence-electron chi connectivity index (χ1n) is 5.73. The second kappa shape index (κ2) is 5.54. The van der Waals surface area contributed by atoms with Crippen molar-refractivity contribution in [3.8, 4) is 0 Å². The Bertz CT molecular complexity index is 615. The molecule has 0 spiro atoms. The second-order valence-electron chi connectivity index (χ2n) is 4.60. The van der Waals surface area contributed by atoms with Crippen LogP contribution in [0.4, 0.5) is 0 Å². The summed E-state index contributed by atoms with van der Waals surface area (Å²) < 4.78 is 24.5. The largest absolute Gasteiger partial charge is 0.338 e. The third-order valence-corrected chi connectivity index (χ3v) is 6.17. The molecule has 1 aliphatic heterocycles. The van der Waals surface area contributed by atoms with Gasteiger partial charge in [0, 0.05) is 22.0 Å². The summed E-state index contributed by atoms with van der Waals surface area (Å²) in [5.74, 6) is 0.0470. The second-order valence-corrected chi connectivity index (χ2v) is 8.60. The van der Waals surface area contributed by atoms with Crippen LogP contribution in [0.2, 0.25) is 0 Å². The summed E-state index contributed by atoms with van der Waals surface area (Å²) in [5.41, 5.74) is 0.529. The number of rotatable bonds is 2. The van der Waals surface area contributed by atoms with E-state index in [1.165, 1.54) is 4.90 Å². The highest BCUT2D eigenvalue weighted by atomic mass is 79.9. The third-order valence-electron chi connectivity index (χ3n) is 3.24. The lowest BCUT2D eigenvalue weighted by molar-refractivity contribution is 0.0746. The summed E-state index contributed by atoms with van der Waals surface area (Å²) in [6.45, 7) is 0. The Kier molecular flexibility index (Phi) is 4.37. The van der Waals surface area contributed by atoms with Gasteiger partial charge in [0.1, 0.15) is 0 Å². The Morgan fingerprint density at radius 1 is 1.37 bits per heavy atom. The van der Waals surface area contributed by atoms with Crippen LogP contribution < -0.4 is 0 Å². The van der Waals surface area contributed by atoms with Crippen molar-refractivity contribution in [3.05, 3.63) is 32.7 Å². The minimum Gasteiger partial charge on any atom is -0.338 e. The predicted molar refractivity (Wildman–Crippen MR) is 81.0 cm³/mol. The maximum atomic E-state index is 12.4. The molecule has 1 fully saturated rings. The van der Waals surface area contributed by atoms with Gasteiger partial charge in [-0.2, -0.15) is 0 Å². The van der Waals surface area contributed by atoms with Crippen molar-refractivity contribution < 1.29 is 13.2 Å². The molecule has 4 nitrogen and oxygen atoms in total. The molecule has 1 saturated heterocycles. The lowest BCUT2D eigenvalue weighted by Crippen LogP contribution is -2.38. The Balaban J connectivity index is 2.22. The van der Waals surface area contributed by atoms with Gasteiger partial charge in [0.25, 0.3) is 5.91 Å². The number of amides is 1. The number of carbonyl (C=O) groups is 1. The molecule has 0 saturated carbocycles. The minimum atomic E-state index is -2.99. The first-order chi connectivity index (χ1) is 8.80.